The molecule has 1 atom stereocenters. The molecule has 1 aliphatic heterocycles. The lowest BCUT2D eigenvalue weighted by molar-refractivity contribution is 0.0196. The van der Waals surface area contributed by atoms with E-state index in [2.05, 4.69) is 25.3 Å². The lowest BCUT2D eigenvalue weighted by atomic mass is 9.99. The summed E-state index contributed by atoms with van der Waals surface area (Å²) in [4.78, 5) is 54.4. The largest absolute Gasteiger partial charge is 0.444 e. The Kier molecular flexibility index (Phi) is 8.10. The molecule has 2 amide bonds. The normalized spacial score (nSPS) is 15.0. The molecule has 0 radical (unpaired) electrons. The number of aromatic amines is 1. The first kappa shape index (κ1) is 31.6. The average molecular weight is 661 g/mol. The Morgan fingerprint density at radius 3 is 2.63 bits per heavy atom. The van der Waals surface area contributed by atoms with Gasteiger partial charge in [0.05, 0.1) is 17.3 Å². The van der Waals surface area contributed by atoms with Gasteiger partial charge in [-0.3, -0.25) is 14.5 Å². The van der Waals surface area contributed by atoms with Crippen LogP contribution in [0.4, 0.5) is 15.0 Å². The van der Waals surface area contributed by atoms with E-state index in [0.717, 1.165) is 16.5 Å². The summed E-state index contributed by atoms with van der Waals surface area (Å²) in [6.45, 7) is 6.02. The number of nitrogens with one attached hydrogen (secondary N) is 1. The van der Waals surface area contributed by atoms with Gasteiger partial charge in [-0.2, -0.15) is 4.68 Å². The van der Waals surface area contributed by atoms with Crippen LogP contribution in [0.3, 0.4) is 0 Å². The molecule has 0 unspecified atom stereocenters. The third-order valence-electron chi connectivity index (χ3n) is 8.35. The van der Waals surface area contributed by atoms with Crippen molar-refractivity contribution in [3.63, 3.8) is 0 Å². The Labute approximate surface area is 280 Å². The smallest absolute Gasteiger partial charge is 0.410 e. The maximum Gasteiger partial charge on any atom is 0.410 e. The number of fused-ring (bicyclic) bond motifs is 2. The average Bonchev–Trinajstić information content (AvgIpc) is 3.52. The zero-order chi connectivity index (χ0) is 34.3. The molecule has 1 aliphatic rings. The number of benzene rings is 2. The number of carbonyl (C=O) groups is 2. The van der Waals surface area contributed by atoms with Crippen LogP contribution in [0, 0.1) is 5.82 Å². The van der Waals surface area contributed by atoms with Crippen molar-refractivity contribution in [1.29, 1.82) is 0 Å². The third kappa shape index (κ3) is 6.34. The van der Waals surface area contributed by atoms with E-state index in [1.807, 2.05) is 24.3 Å². The molecular weight excluding hydrogens is 627 g/mol. The molecule has 0 spiro atoms. The first-order valence-corrected chi connectivity index (χ1v) is 15.9. The van der Waals surface area contributed by atoms with Crippen LogP contribution in [0.25, 0.3) is 38.8 Å². The maximum atomic E-state index is 16.1. The van der Waals surface area contributed by atoms with Crippen LogP contribution in [-0.4, -0.2) is 71.6 Å². The molecule has 5 heterocycles. The van der Waals surface area contributed by atoms with Crippen molar-refractivity contribution in [2.45, 2.75) is 45.3 Å². The van der Waals surface area contributed by atoms with Gasteiger partial charge in [-0.25, -0.2) is 19.2 Å². The number of aromatic nitrogens is 6. The van der Waals surface area contributed by atoms with E-state index in [4.69, 9.17) is 4.74 Å². The van der Waals surface area contributed by atoms with E-state index in [-0.39, 0.29) is 17.7 Å². The summed E-state index contributed by atoms with van der Waals surface area (Å²) in [5, 5.41) is 9.63. The van der Waals surface area contributed by atoms with Crippen molar-refractivity contribution < 1.29 is 18.7 Å². The van der Waals surface area contributed by atoms with Crippen molar-refractivity contribution in [2.24, 2.45) is 0 Å². The molecule has 248 valence electrons. The van der Waals surface area contributed by atoms with Crippen LogP contribution < -0.4 is 10.5 Å². The van der Waals surface area contributed by atoms with Gasteiger partial charge in [0.15, 0.2) is 5.65 Å². The molecule has 12 nitrogen and oxygen atoms in total. The zero-order valence-electron chi connectivity index (χ0n) is 27.1. The summed E-state index contributed by atoms with van der Waals surface area (Å²) in [6, 6.07) is 17.9. The lowest BCUT2D eigenvalue weighted by Gasteiger charge is -2.39. The van der Waals surface area contributed by atoms with Crippen LogP contribution in [0.5, 0.6) is 0 Å². The van der Waals surface area contributed by atoms with Crippen LogP contribution in [0.1, 0.15) is 44.0 Å². The Morgan fingerprint density at radius 1 is 1.00 bits per heavy atom. The lowest BCUT2D eigenvalue weighted by Crippen LogP contribution is -2.53. The number of ether oxygens (including phenoxy) is 1. The van der Waals surface area contributed by atoms with E-state index in [0.29, 0.717) is 47.4 Å². The summed E-state index contributed by atoms with van der Waals surface area (Å²) in [7, 11) is 0. The highest BCUT2D eigenvalue weighted by Gasteiger charge is 2.36. The molecule has 1 N–H and O–H groups in total. The topological polar surface area (TPSA) is 139 Å². The number of pyridine rings is 3. The van der Waals surface area contributed by atoms with Crippen LogP contribution >= 0.6 is 0 Å². The molecule has 0 saturated carbocycles. The van der Waals surface area contributed by atoms with Crippen molar-refractivity contribution in [3.8, 4) is 16.8 Å². The minimum atomic E-state index is -0.760. The van der Waals surface area contributed by atoms with Gasteiger partial charge in [0.25, 0.3) is 5.91 Å². The Bertz CT molecular complexity index is 2280. The molecule has 0 aliphatic carbocycles. The minimum absolute atomic E-state index is 0.167. The van der Waals surface area contributed by atoms with E-state index < -0.39 is 29.5 Å². The number of H-pyrrole nitrogens is 1. The molecule has 13 heteroatoms. The zero-order valence-corrected chi connectivity index (χ0v) is 27.1. The fraction of sp³-hybridized carbons (Fsp3) is 0.250. The SMILES string of the molecule is CC(C)(C)OC(=O)N1CCC[C@@H](N(C(=O)c2ccc(-n3nnc4cccnc43)cc2F)c2nccc3cc(-c4cc[nH]c(=O)c4)ccc23)C1. The number of carbonyl (C=O) groups excluding carboxylic acids is 2. The molecule has 0 bridgehead atoms. The highest BCUT2D eigenvalue weighted by Crippen LogP contribution is 2.33. The highest BCUT2D eigenvalue weighted by atomic mass is 19.1. The fourth-order valence-electron chi connectivity index (χ4n) is 6.13. The molecule has 4 aromatic heterocycles. The number of rotatable bonds is 5. The van der Waals surface area contributed by atoms with Gasteiger partial charge in [-0.05, 0) is 92.6 Å². The summed E-state index contributed by atoms with van der Waals surface area (Å²) in [6.07, 6.45) is 5.43. The number of halogens is 1. The first-order valence-electron chi connectivity index (χ1n) is 15.9. The minimum Gasteiger partial charge on any atom is -0.444 e. The van der Waals surface area contributed by atoms with Gasteiger partial charge in [0.2, 0.25) is 5.56 Å². The second-order valence-electron chi connectivity index (χ2n) is 12.9. The number of piperidine rings is 1. The Hall–Kier alpha value is -5.98. The van der Waals surface area contributed by atoms with Crippen LogP contribution in [0.2, 0.25) is 0 Å². The number of hydrogen-bond donors (Lipinski definition) is 1. The molecule has 7 rings (SSSR count). The van der Waals surface area contributed by atoms with Crippen molar-refractivity contribution in [3.05, 3.63) is 107 Å². The first-order chi connectivity index (χ1) is 23.6. The molecule has 2 aromatic carbocycles. The predicted molar refractivity (Wildman–Crippen MR) is 182 cm³/mol. The van der Waals surface area contributed by atoms with Gasteiger partial charge in [0, 0.05) is 49.2 Å². The predicted octanol–water partition coefficient (Wildman–Crippen LogP) is 5.90. The number of anilines is 1. The highest BCUT2D eigenvalue weighted by molar-refractivity contribution is 6.10. The Morgan fingerprint density at radius 2 is 1.84 bits per heavy atom. The molecule has 1 saturated heterocycles. The summed E-state index contributed by atoms with van der Waals surface area (Å²) in [5.74, 6) is -1.05. The van der Waals surface area contributed by atoms with Gasteiger partial charge >= 0.3 is 6.09 Å². The number of nitrogens with zero attached hydrogens (tertiary/aromatic N) is 7. The standard InChI is InChI=1S/C36H33FN8O4/c1-36(2,3)49-35(48)43-17-5-6-26(21-43)44(32-27-10-8-22(18-24(27)13-16-40-32)23-12-15-38-31(46)19-23)34(47)28-11-9-25(20-29(28)37)45-33-30(41-42-45)7-4-14-39-33/h4,7-16,18-20,26H,5-6,17,21H2,1-3H3,(H,38,46)/t26-/m1/s1. The second-order valence-corrected chi connectivity index (χ2v) is 12.9. The monoisotopic (exact) mass is 660 g/mol. The molecular formula is C36H33FN8O4. The molecule has 49 heavy (non-hydrogen) atoms. The van der Waals surface area contributed by atoms with Crippen molar-refractivity contribution in [2.75, 3.05) is 18.0 Å². The summed E-state index contributed by atoms with van der Waals surface area (Å²) < 4.78 is 23.1. The maximum absolute atomic E-state index is 16.1. The quantitative estimate of drug-likeness (QED) is 0.241. The fourth-order valence-corrected chi connectivity index (χ4v) is 6.13. The van der Waals surface area contributed by atoms with E-state index in [9.17, 15) is 14.4 Å². The van der Waals surface area contributed by atoms with Crippen molar-refractivity contribution >= 4 is 39.8 Å². The van der Waals surface area contributed by atoms with E-state index in [1.165, 1.54) is 27.8 Å². The molecule has 6 aromatic rings. The number of likely N-dealkylation sites (tertiary alicyclic amines) is 1. The number of hydrogen-bond acceptors (Lipinski definition) is 8. The van der Waals surface area contributed by atoms with Crippen LogP contribution in [0.15, 0.2) is 90.1 Å². The Balaban J connectivity index is 1.30. The van der Waals surface area contributed by atoms with Gasteiger partial charge in [-0.1, -0.05) is 17.3 Å². The van der Waals surface area contributed by atoms with Gasteiger partial charge in [0.1, 0.15) is 22.8 Å². The molecule has 1 fully saturated rings. The van der Waals surface area contributed by atoms with Crippen molar-refractivity contribution in [1.82, 2.24) is 34.8 Å². The number of amides is 2. The second kappa shape index (κ2) is 12.6. The summed E-state index contributed by atoms with van der Waals surface area (Å²) >= 11 is 0. The summed E-state index contributed by atoms with van der Waals surface area (Å²) in [5.41, 5.74) is 1.79. The third-order valence-corrected chi connectivity index (χ3v) is 8.35. The van der Waals surface area contributed by atoms with E-state index >= 15 is 4.39 Å². The van der Waals surface area contributed by atoms with Crippen LogP contribution in [-0.2, 0) is 4.74 Å². The van der Waals surface area contributed by atoms with Gasteiger partial charge < -0.3 is 14.6 Å². The van der Waals surface area contributed by atoms with Gasteiger partial charge in [-0.15, -0.1) is 5.10 Å². The van der Waals surface area contributed by atoms with E-state index in [1.54, 1.807) is 68.5 Å².